The molecule has 2 aliphatic heterocycles. The Bertz CT molecular complexity index is 1060. The smallest absolute Gasteiger partial charge is 0.251 e. The highest BCUT2D eigenvalue weighted by Crippen LogP contribution is 2.44. The molecule has 0 aromatic heterocycles. The van der Waals surface area contributed by atoms with E-state index in [1.54, 1.807) is 37.9 Å². The molecule has 11 heteroatoms. The summed E-state index contributed by atoms with van der Waals surface area (Å²) in [5, 5.41) is 17.2. The predicted molar refractivity (Wildman–Crippen MR) is 118 cm³/mol. The van der Waals surface area contributed by atoms with E-state index in [2.05, 4.69) is 16.1 Å². The quantitative estimate of drug-likeness (QED) is 0.604. The van der Waals surface area contributed by atoms with Crippen molar-refractivity contribution in [1.82, 2.24) is 15.8 Å². The number of carbonyl (C=O) groups excluding carboxylic acids is 1. The lowest BCUT2D eigenvalue weighted by Crippen LogP contribution is -2.52. The van der Waals surface area contributed by atoms with Gasteiger partial charge < -0.3 is 10.6 Å². The Morgan fingerprint density at radius 3 is 2.45 bits per heavy atom. The van der Waals surface area contributed by atoms with Crippen LogP contribution in [0.2, 0.25) is 0 Å². The first-order valence-corrected chi connectivity index (χ1v) is 12.5. The normalized spacial score (nSPS) is 32.1. The van der Waals surface area contributed by atoms with Gasteiger partial charge in [0, 0.05) is 37.2 Å². The number of rotatable bonds is 4. The standard InChI is InChI=1S/C22H29F2N5O3S/c1-21(2,3)33(31,32)15-6-4-14(5-7-15)27-19-18-16(8-9-26-20(18)30)29(28-19)17-11-22(23,24)10-13(17)12-25/h4-7,13,16-19,27-28H,8-11H2,1-3H3,(H,26,30)/t13-,16?,17+,18?,19?/m0/s1. The summed E-state index contributed by atoms with van der Waals surface area (Å²) >= 11 is 0. The molecule has 33 heavy (non-hydrogen) atoms. The molecular weight excluding hydrogens is 452 g/mol. The number of nitrogens with zero attached hydrogens (tertiary/aromatic N) is 2. The fraction of sp³-hybridized carbons (Fsp3) is 0.636. The molecule has 1 saturated carbocycles. The van der Waals surface area contributed by atoms with E-state index in [0.29, 0.717) is 18.7 Å². The number of piperidine rings is 1. The summed E-state index contributed by atoms with van der Waals surface area (Å²) in [5.41, 5.74) is 3.77. The average molecular weight is 482 g/mol. The number of benzene rings is 1. The van der Waals surface area contributed by atoms with Crippen LogP contribution in [0, 0.1) is 23.2 Å². The summed E-state index contributed by atoms with van der Waals surface area (Å²) < 4.78 is 52.6. The second-order valence-electron chi connectivity index (χ2n) is 10.0. The fourth-order valence-electron chi connectivity index (χ4n) is 4.98. The van der Waals surface area contributed by atoms with Gasteiger partial charge in [-0.2, -0.15) is 5.26 Å². The third-order valence-corrected chi connectivity index (χ3v) is 9.27. The molecule has 3 unspecified atom stereocenters. The molecule has 0 spiro atoms. The molecule has 5 atom stereocenters. The maximum Gasteiger partial charge on any atom is 0.251 e. The Labute approximate surface area is 192 Å². The minimum atomic E-state index is -3.51. The van der Waals surface area contributed by atoms with Crippen molar-refractivity contribution in [3.8, 4) is 6.07 Å². The molecule has 1 aromatic rings. The lowest BCUT2D eigenvalue weighted by atomic mass is 9.90. The van der Waals surface area contributed by atoms with Gasteiger partial charge in [-0.3, -0.25) is 4.79 Å². The highest BCUT2D eigenvalue weighted by molar-refractivity contribution is 7.92. The van der Waals surface area contributed by atoms with Crippen LogP contribution in [0.5, 0.6) is 0 Å². The predicted octanol–water partition coefficient (Wildman–Crippen LogP) is 2.26. The largest absolute Gasteiger partial charge is 0.368 e. The summed E-state index contributed by atoms with van der Waals surface area (Å²) in [5.74, 6) is -4.49. The molecule has 1 aliphatic carbocycles. The molecule has 8 nitrogen and oxygen atoms in total. The minimum Gasteiger partial charge on any atom is -0.368 e. The Kier molecular flexibility index (Phi) is 5.91. The highest BCUT2D eigenvalue weighted by Gasteiger charge is 2.56. The molecule has 3 aliphatic rings. The van der Waals surface area contributed by atoms with Gasteiger partial charge >= 0.3 is 0 Å². The number of amides is 1. The van der Waals surface area contributed by atoms with Gasteiger partial charge in [0.1, 0.15) is 6.17 Å². The monoisotopic (exact) mass is 481 g/mol. The zero-order chi connectivity index (χ0) is 24.2. The average Bonchev–Trinajstić information content (AvgIpc) is 3.25. The van der Waals surface area contributed by atoms with Crippen LogP contribution in [0.3, 0.4) is 0 Å². The second kappa shape index (κ2) is 8.18. The first-order chi connectivity index (χ1) is 15.3. The summed E-state index contributed by atoms with van der Waals surface area (Å²) in [6.07, 6.45) is -0.939. The van der Waals surface area contributed by atoms with E-state index < -0.39 is 57.4 Å². The van der Waals surface area contributed by atoms with Crippen molar-refractivity contribution in [2.24, 2.45) is 11.8 Å². The van der Waals surface area contributed by atoms with E-state index in [1.165, 1.54) is 12.1 Å². The number of hydrogen-bond acceptors (Lipinski definition) is 7. The van der Waals surface area contributed by atoms with Crippen molar-refractivity contribution < 1.29 is 22.0 Å². The molecule has 1 amide bonds. The van der Waals surface area contributed by atoms with Crippen LogP contribution in [0.4, 0.5) is 14.5 Å². The zero-order valence-corrected chi connectivity index (χ0v) is 19.6. The summed E-state index contributed by atoms with van der Waals surface area (Å²) in [6.45, 7) is 5.34. The molecule has 0 bridgehead atoms. The first-order valence-electron chi connectivity index (χ1n) is 11.0. The van der Waals surface area contributed by atoms with Gasteiger partial charge in [-0.15, -0.1) is 0 Å². The molecule has 1 aromatic carbocycles. The summed E-state index contributed by atoms with van der Waals surface area (Å²) in [4.78, 5) is 12.9. The number of halogens is 2. The van der Waals surface area contributed by atoms with Gasteiger partial charge in [0.25, 0.3) is 5.92 Å². The summed E-state index contributed by atoms with van der Waals surface area (Å²) in [6, 6.07) is 7.26. The number of sulfone groups is 1. The van der Waals surface area contributed by atoms with Crippen molar-refractivity contribution in [3.05, 3.63) is 24.3 Å². The fourth-order valence-corrected chi connectivity index (χ4v) is 6.18. The molecule has 4 rings (SSSR count). The van der Waals surface area contributed by atoms with Crippen LogP contribution in [-0.4, -0.2) is 54.8 Å². The van der Waals surface area contributed by atoms with E-state index >= 15 is 0 Å². The molecule has 3 fully saturated rings. The van der Waals surface area contributed by atoms with E-state index in [9.17, 15) is 27.3 Å². The number of anilines is 1. The number of carbonyl (C=O) groups is 1. The first kappa shape index (κ1) is 23.9. The molecule has 0 radical (unpaired) electrons. The summed E-state index contributed by atoms with van der Waals surface area (Å²) in [7, 11) is -3.51. The van der Waals surface area contributed by atoms with Crippen LogP contribution >= 0.6 is 0 Å². The van der Waals surface area contributed by atoms with E-state index in [1.807, 2.05) is 6.07 Å². The van der Waals surface area contributed by atoms with E-state index in [-0.39, 0.29) is 16.8 Å². The minimum absolute atomic E-state index is 0.191. The second-order valence-corrected chi connectivity index (χ2v) is 12.7. The van der Waals surface area contributed by atoms with Crippen LogP contribution in [0.25, 0.3) is 0 Å². The Hall–Kier alpha value is -2.29. The van der Waals surface area contributed by atoms with E-state index in [0.717, 1.165) is 0 Å². The molecule has 180 valence electrons. The van der Waals surface area contributed by atoms with Crippen molar-refractivity contribution in [2.75, 3.05) is 11.9 Å². The van der Waals surface area contributed by atoms with E-state index in [4.69, 9.17) is 0 Å². The molecular formula is C22H29F2N5O3S. The lowest BCUT2D eigenvalue weighted by Gasteiger charge is -2.34. The van der Waals surface area contributed by atoms with Gasteiger partial charge in [-0.25, -0.2) is 27.6 Å². The molecule has 2 saturated heterocycles. The Balaban J connectivity index is 1.57. The Morgan fingerprint density at radius 2 is 1.85 bits per heavy atom. The zero-order valence-electron chi connectivity index (χ0n) is 18.8. The third kappa shape index (κ3) is 4.32. The van der Waals surface area contributed by atoms with Crippen molar-refractivity contribution in [1.29, 1.82) is 5.26 Å². The lowest BCUT2D eigenvalue weighted by molar-refractivity contribution is -0.128. The van der Waals surface area contributed by atoms with Gasteiger partial charge in [0.05, 0.1) is 27.5 Å². The van der Waals surface area contributed by atoms with Crippen molar-refractivity contribution >= 4 is 21.4 Å². The topological polar surface area (TPSA) is 114 Å². The Morgan fingerprint density at radius 1 is 1.18 bits per heavy atom. The van der Waals surface area contributed by atoms with Gasteiger partial charge in [-0.05, 0) is 51.5 Å². The molecule has 3 N–H and O–H groups in total. The van der Waals surface area contributed by atoms with Gasteiger partial charge in [0.2, 0.25) is 5.91 Å². The van der Waals surface area contributed by atoms with Crippen LogP contribution in [0.15, 0.2) is 29.2 Å². The van der Waals surface area contributed by atoms with Gasteiger partial charge in [0.15, 0.2) is 9.84 Å². The molecule has 2 heterocycles. The van der Waals surface area contributed by atoms with Crippen LogP contribution in [-0.2, 0) is 14.6 Å². The number of hydrazine groups is 1. The maximum atomic E-state index is 14.1. The number of nitriles is 1. The number of alkyl halides is 2. The highest BCUT2D eigenvalue weighted by atomic mass is 32.2. The number of fused-ring (bicyclic) bond motifs is 1. The van der Waals surface area contributed by atoms with Crippen molar-refractivity contribution in [3.63, 3.8) is 0 Å². The van der Waals surface area contributed by atoms with Gasteiger partial charge in [-0.1, -0.05) is 0 Å². The van der Waals surface area contributed by atoms with Crippen molar-refractivity contribution in [2.45, 2.75) is 73.8 Å². The van der Waals surface area contributed by atoms with Crippen LogP contribution in [0.1, 0.15) is 40.0 Å². The number of hydrogen-bond donors (Lipinski definition) is 3. The van der Waals surface area contributed by atoms with Crippen LogP contribution < -0.4 is 16.1 Å². The number of nitrogens with one attached hydrogen (secondary N) is 3. The SMILES string of the molecule is CC(C)(C)S(=O)(=O)c1ccc(NC2NN([C@@H]3CC(F)(F)C[C@H]3C#N)C3CCNC(=O)C23)cc1. The maximum absolute atomic E-state index is 14.1. The third-order valence-electron chi connectivity index (χ3n) is 6.77.